The number of rotatable bonds is 1. The third kappa shape index (κ3) is 1.69. The summed E-state index contributed by atoms with van der Waals surface area (Å²) in [7, 11) is 0. The summed E-state index contributed by atoms with van der Waals surface area (Å²) in [6.45, 7) is 1.72. The lowest BCUT2D eigenvalue weighted by Crippen LogP contribution is -2.31. The largest absolute Gasteiger partial charge is 0.385 e. The van der Waals surface area contributed by atoms with Gasteiger partial charge in [0.1, 0.15) is 0 Å². The molecule has 0 radical (unpaired) electrons. The highest BCUT2D eigenvalue weighted by molar-refractivity contribution is 5.21. The Bertz CT molecular complexity index is 232. The van der Waals surface area contributed by atoms with Crippen molar-refractivity contribution >= 4 is 0 Å². The first-order valence-electron chi connectivity index (χ1n) is 3.62. The predicted octanol–water partition coefficient (Wildman–Crippen LogP) is 1.39. The van der Waals surface area contributed by atoms with Crippen LogP contribution in [0.4, 0.5) is 0 Å². The predicted molar refractivity (Wildman–Crippen MR) is 42.6 cm³/mol. The summed E-state index contributed by atoms with van der Waals surface area (Å²) in [5.74, 6) is -0.0579. The van der Waals surface area contributed by atoms with Gasteiger partial charge in [0.25, 0.3) is 0 Å². The normalized spacial score (nSPS) is 35.2. The van der Waals surface area contributed by atoms with Crippen molar-refractivity contribution in [2.24, 2.45) is 5.92 Å². The fourth-order valence-electron chi connectivity index (χ4n) is 1.14. The quantitative estimate of drug-likeness (QED) is 0.612. The van der Waals surface area contributed by atoms with Gasteiger partial charge in [0.05, 0.1) is 11.7 Å². The number of nitrogens with zero attached hydrogens (tertiary/aromatic N) is 1. The molecule has 0 bridgehead atoms. The van der Waals surface area contributed by atoms with Crippen LogP contribution in [0, 0.1) is 17.2 Å². The van der Waals surface area contributed by atoms with Gasteiger partial charge in [-0.25, -0.2) is 0 Å². The maximum Gasteiger partial charge on any atom is 0.0875 e. The van der Waals surface area contributed by atoms with Crippen molar-refractivity contribution in [3.05, 3.63) is 24.3 Å². The smallest absolute Gasteiger partial charge is 0.0875 e. The molecule has 2 atom stereocenters. The number of aliphatic hydroxyl groups is 1. The molecular formula is C9H11NO. The average Bonchev–Trinajstić information content (AvgIpc) is 1.94. The molecule has 0 aliphatic heterocycles. The SMILES string of the molecule is CC1(O)C=CC=CC1CC#N. The fraction of sp³-hybridized carbons (Fsp3) is 0.444. The Labute approximate surface area is 66.5 Å². The molecule has 0 saturated heterocycles. The van der Waals surface area contributed by atoms with Gasteiger partial charge in [-0.15, -0.1) is 0 Å². The number of hydrogen-bond acceptors (Lipinski definition) is 2. The van der Waals surface area contributed by atoms with Gasteiger partial charge in [-0.3, -0.25) is 0 Å². The maximum absolute atomic E-state index is 9.68. The molecule has 2 heteroatoms. The second kappa shape index (κ2) is 2.89. The molecule has 0 aromatic rings. The van der Waals surface area contributed by atoms with Crippen molar-refractivity contribution in [2.75, 3.05) is 0 Å². The van der Waals surface area contributed by atoms with Crippen molar-refractivity contribution < 1.29 is 5.11 Å². The van der Waals surface area contributed by atoms with Crippen LogP contribution in [0.25, 0.3) is 0 Å². The summed E-state index contributed by atoms with van der Waals surface area (Å²) in [5, 5.41) is 18.1. The zero-order chi connectivity index (χ0) is 8.32. The highest BCUT2D eigenvalue weighted by Crippen LogP contribution is 2.26. The molecule has 2 nitrogen and oxygen atoms in total. The molecule has 0 aromatic heterocycles. The van der Waals surface area contributed by atoms with Crippen LogP contribution in [0.15, 0.2) is 24.3 Å². The lowest BCUT2D eigenvalue weighted by atomic mass is 9.84. The minimum Gasteiger partial charge on any atom is -0.385 e. The van der Waals surface area contributed by atoms with Gasteiger partial charge >= 0.3 is 0 Å². The third-order valence-electron chi connectivity index (χ3n) is 1.95. The Morgan fingerprint density at radius 2 is 2.36 bits per heavy atom. The molecule has 1 N–H and O–H groups in total. The summed E-state index contributed by atoms with van der Waals surface area (Å²) in [4.78, 5) is 0. The monoisotopic (exact) mass is 149 g/mol. The van der Waals surface area contributed by atoms with E-state index in [4.69, 9.17) is 5.26 Å². The molecule has 1 rings (SSSR count). The van der Waals surface area contributed by atoms with E-state index in [1.165, 1.54) is 0 Å². The second-order valence-electron chi connectivity index (χ2n) is 2.94. The lowest BCUT2D eigenvalue weighted by Gasteiger charge is -2.27. The van der Waals surface area contributed by atoms with Gasteiger partial charge in [-0.1, -0.05) is 24.3 Å². The van der Waals surface area contributed by atoms with E-state index < -0.39 is 5.60 Å². The standard InChI is InChI=1S/C9H11NO/c1-9(11)6-3-2-4-8(9)5-7-10/h2-4,6,8,11H,5H2,1H3. The molecule has 0 spiro atoms. The van der Waals surface area contributed by atoms with E-state index >= 15 is 0 Å². The third-order valence-corrected chi connectivity index (χ3v) is 1.95. The van der Waals surface area contributed by atoms with E-state index in [-0.39, 0.29) is 5.92 Å². The Kier molecular flexibility index (Phi) is 2.11. The van der Waals surface area contributed by atoms with Crippen LogP contribution in [0.3, 0.4) is 0 Å². The summed E-state index contributed by atoms with van der Waals surface area (Å²) in [6.07, 6.45) is 7.61. The van der Waals surface area contributed by atoms with Crippen molar-refractivity contribution in [3.63, 3.8) is 0 Å². The van der Waals surface area contributed by atoms with Gasteiger partial charge < -0.3 is 5.11 Å². The Balaban J connectivity index is 2.73. The first-order valence-corrected chi connectivity index (χ1v) is 3.62. The van der Waals surface area contributed by atoms with Crippen molar-refractivity contribution in [1.29, 1.82) is 5.26 Å². The van der Waals surface area contributed by atoms with Crippen LogP contribution in [-0.2, 0) is 0 Å². The molecule has 58 valence electrons. The molecule has 0 heterocycles. The van der Waals surface area contributed by atoms with Gasteiger partial charge in [-0.2, -0.15) is 5.26 Å². The molecule has 0 aromatic carbocycles. The summed E-state index contributed by atoms with van der Waals surface area (Å²) >= 11 is 0. The van der Waals surface area contributed by atoms with Gasteiger partial charge in [0, 0.05) is 12.3 Å². The average molecular weight is 149 g/mol. The minimum atomic E-state index is -0.843. The summed E-state index contributed by atoms with van der Waals surface area (Å²) in [5.41, 5.74) is -0.843. The zero-order valence-corrected chi connectivity index (χ0v) is 6.49. The summed E-state index contributed by atoms with van der Waals surface area (Å²) < 4.78 is 0. The van der Waals surface area contributed by atoms with Gasteiger partial charge in [-0.05, 0) is 6.92 Å². The molecule has 0 amide bonds. The molecule has 11 heavy (non-hydrogen) atoms. The van der Waals surface area contributed by atoms with Crippen LogP contribution in [0.1, 0.15) is 13.3 Å². The van der Waals surface area contributed by atoms with E-state index in [0.717, 1.165) is 0 Å². The van der Waals surface area contributed by atoms with Crippen LogP contribution in [-0.4, -0.2) is 10.7 Å². The van der Waals surface area contributed by atoms with Crippen molar-refractivity contribution in [2.45, 2.75) is 18.9 Å². The number of allylic oxidation sites excluding steroid dienone is 2. The minimum absolute atomic E-state index is 0.0579. The highest BCUT2D eigenvalue weighted by Gasteiger charge is 2.27. The molecule has 1 aliphatic carbocycles. The second-order valence-corrected chi connectivity index (χ2v) is 2.94. The molecule has 0 saturated carbocycles. The first-order chi connectivity index (χ1) is 5.17. The van der Waals surface area contributed by atoms with E-state index in [2.05, 4.69) is 0 Å². The van der Waals surface area contributed by atoms with Crippen LogP contribution in [0.5, 0.6) is 0 Å². The topological polar surface area (TPSA) is 44.0 Å². The molecular weight excluding hydrogens is 138 g/mol. The van der Waals surface area contributed by atoms with Crippen LogP contribution < -0.4 is 0 Å². The lowest BCUT2D eigenvalue weighted by molar-refractivity contribution is 0.0673. The van der Waals surface area contributed by atoms with E-state index in [0.29, 0.717) is 6.42 Å². The van der Waals surface area contributed by atoms with E-state index in [9.17, 15) is 5.11 Å². The Hall–Kier alpha value is -1.07. The van der Waals surface area contributed by atoms with Crippen molar-refractivity contribution in [1.82, 2.24) is 0 Å². The molecule has 1 aliphatic rings. The van der Waals surface area contributed by atoms with Gasteiger partial charge in [0.15, 0.2) is 0 Å². The fourth-order valence-corrected chi connectivity index (χ4v) is 1.14. The van der Waals surface area contributed by atoms with E-state index in [1.807, 2.05) is 18.2 Å². The Morgan fingerprint density at radius 3 is 2.91 bits per heavy atom. The number of nitriles is 1. The molecule has 0 fully saturated rings. The zero-order valence-electron chi connectivity index (χ0n) is 6.49. The molecule has 2 unspecified atom stereocenters. The van der Waals surface area contributed by atoms with Crippen LogP contribution >= 0.6 is 0 Å². The Morgan fingerprint density at radius 1 is 1.64 bits per heavy atom. The van der Waals surface area contributed by atoms with Crippen LogP contribution in [0.2, 0.25) is 0 Å². The number of hydrogen-bond donors (Lipinski definition) is 1. The first kappa shape index (κ1) is 8.03. The van der Waals surface area contributed by atoms with Crippen molar-refractivity contribution in [3.8, 4) is 6.07 Å². The maximum atomic E-state index is 9.68. The highest BCUT2D eigenvalue weighted by atomic mass is 16.3. The summed E-state index contributed by atoms with van der Waals surface area (Å²) in [6, 6.07) is 2.05. The van der Waals surface area contributed by atoms with Gasteiger partial charge in [0.2, 0.25) is 0 Å². The van der Waals surface area contributed by atoms with E-state index in [1.54, 1.807) is 19.1 Å².